The highest BCUT2D eigenvalue weighted by Gasteiger charge is 2.11. The highest BCUT2D eigenvalue weighted by Crippen LogP contribution is 2.18. The van der Waals surface area contributed by atoms with Crippen LogP contribution in [0.1, 0.15) is 11.3 Å². The van der Waals surface area contributed by atoms with E-state index >= 15 is 0 Å². The van der Waals surface area contributed by atoms with Crippen LogP contribution in [0.3, 0.4) is 0 Å². The first kappa shape index (κ1) is 18.3. The number of hydrogen-bond donors (Lipinski definition) is 2. The van der Waals surface area contributed by atoms with Gasteiger partial charge in [0, 0.05) is 16.5 Å². The SMILES string of the molecule is OC(c1ccccc1)=c1cc2[nH]c1=CC1=NC(=CC3=NC(=CC4=NC(=C2)C=C4)C=C3)C=C1. The molecule has 1 aromatic carbocycles. The van der Waals surface area contributed by atoms with Gasteiger partial charge in [0.2, 0.25) is 0 Å². The molecule has 8 bridgehead atoms. The number of H-pyrrole nitrogens is 1. The highest BCUT2D eigenvalue weighted by atomic mass is 16.3. The molecular formula is C27H18N4O. The molecule has 0 fully saturated rings. The highest BCUT2D eigenvalue weighted by molar-refractivity contribution is 6.20. The van der Waals surface area contributed by atoms with Crippen LogP contribution in [0.2, 0.25) is 0 Å². The molecule has 32 heavy (non-hydrogen) atoms. The van der Waals surface area contributed by atoms with E-state index in [9.17, 15) is 5.11 Å². The molecule has 1 aromatic heterocycles. The molecule has 5 nitrogen and oxygen atoms in total. The number of hydrogen-bond acceptors (Lipinski definition) is 4. The Kier molecular flexibility index (Phi) is 4.18. The van der Waals surface area contributed by atoms with Gasteiger partial charge >= 0.3 is 0 Å². The van der Waals surface area contributed by atoms with Gasteiger partial charge in [0.25, 0.3) is 0 Å². The average molecular weight is 414 g/mol. The molecule has 0 spiro atoms. The minimum absolute atomic E-state index is 0.210. The number of fused-ring (bicyclic) bond motifs is 5. The van der Waals surface area contributed by atoms with Gasteiger partial charge in [-0.25, -0.2) is 15.0 Å². The Labute approximate surface area is 184 Å². The first-order valence-electron chi connectivity index (χ1n) is 10.3. The van der Waals surface area contributed by atoms with E-state index in [0.29, 0.717) is 5.22 Å². The molecular weight excluding hydrogens is 396 g/mol. The predicted octanol–water partition coefficient (Wildman–Crippen LogP) is 3.66. The first-order valence-corrected chi connectivity index (χ1v) is 10.3. The van der Waals surface area contributed by atoms with Gasteiger partial charge in [0.15, 0.2) is 0 Å². The Balaban J connectivity index is 1.59. The zero-order valence-corrected chi connectivity index (χ0v) is 17.0. The zero-order valence-electron chi connectivity index (χ0n) is 17.0. The normalized spacial score (nSPS) is 19.0. The van der Waals surface area contributed by atoms with Gasteiger partial charge in [-0.3, -0.25) is 0 Å². The smallest absolute Gasteiger partial charge is 0.132 e. The summed E-state index contributed by atoms with van der Waals surface area (Å²) in [6.45, 7) is 0. The monoisotopic (exact) mass is 414 g/mol. The molecule has 0 aliphatic carbocycles. The van der Waals surface area contributed by atoms with Crippen molar-refractivity contribution in [2.24, 2.45) is 15.0 Å². The number of rotatable bonds is 1. The number of aromatic nitrogens is 1. The van der Waals surface area contributed by atoms with Crippen molar-refractivity contribution in [3.05, 3.63) is 124 Å². The van der Waals surface area contributed by atoms with Gasteiger partial charge < -0.3 is 10.1 Å². The molecule has 2 aromatic rings. The Hall–Kier alpha value is -4.51. The third kappa shape index (κ3) is 3.46. The second kappa shape index (κ2) is 7.32. The number of nitrogens with zero attached hydrogens (tertiary/aromatic N) is 3. The Bertz CT molecular complexity index is 1550. The maximum absolute atomic E-state index is 11.0. The third-order valence-electron chi connectivity index (χ3n) is 5.41. The minimum atomic E-state index is 0.210. The summed E-state index contributed by atoms with van der Waals surface area (Å²) in [7, 11) is 0. The molecule has 5 heterocycles. The summed E-state index contributed by atoms with van der Waals surface area (Å²) in [6.07, 6.45) is 19.6. The summed E-state index contributed by atoms with van der Waals surface area (Å²) < 4.78 is 0. The number of allylic oxidation sites excluding steroid dienone is 8. The second-order valence-corrected chi connectivity index (χ2v) is 7.73. The van der Waals surface area contributed by atoms with Crippen LogP contribution >= 0.6 is 0 Å². The second-order valence-electron chi connectivity index (χ2n) is 7.73. The molecule has 6 rings (SSSR count). The standard InChI is InChI=1S/C27H18N4O/c32-27(17-4-2-1-3-5-17)25-15-24-14-22-9-8-20(29-22)12-18-6-7-19(28-18)13-21-10-11-23(30-21)16-26(25)31-24/h1-16,31-32H. The van der Waals surface area contributed by atoms with Gasteiger partial charge in [-0.05, 0) is 66.8 Å². The number of aliphatic hydroxyl groups excluding tert-OH is 1. The topological polar surface area (TPSA) is 73.1 Å². The lowest BCUT2D eigenvalue weighted by Crippen LogP contribution is -2.26. The quantitative estimate of drug-likeness (QED) is 0.734. The van der Waals surface area contributed by atoms with Crippen LogP contribution in [0, 0.1) is 0 Å². The van der Waals surface area contributed by atoms with Crippen molar-refractivity contribution in [1.82, 2.24) is 4.98 Å². The number of aliphatic hydroxyl groups is 1. The van der Waals surface area contributed by atoms with Crippen molar-refractivity contribution in [2.45, 2.75) is 0 Å². The van der Waals surface area contributed by atoms with Crippen molar-refractivity contribution in [3.8, 4) is 0 Å². The van der Waals surface area contributed by atoms with E-state index in [1.54, 1.807) is 0 Å². The molecule has 152 valence electrons. The largest absolute Gasteiger partial charge is 0.507 e. The van der Waals surface area contributed by atoms with Gasteiger partial charge in [-0.1, -0.05) is 30.3 Å². The van der Waals surface area contributed by atoms with Gasteiger partial charge in [0.05, 0.1) is 39.6 Å². The fourth-order valence-electron chi connectivity index (χ4n) is 3.91. The van der Waals surface area contributed by atoms with Crippen molar-refractivity contribution in [2.75, 3.05) is 0 Å². The summed E-state index contributed by atoms with van der Waals surface area (Å²) >= 11 is 0. The zero-order chi connectivity index (χ0) is 21.5. The van der Waals surface area contributed by atoms with Crippen molar-refractivity contribution >= 4 is 35.0 Å². The van der Waals surface area contributed by atoms with Crippen LogP contribution in [-0.4, -0.2) is 27.2 Å². The van der Waals surface area contributed by atoms with Crippen LogP contribution in [0.4, 0.5) is 0 Å². The summed E-state index contributed by atoms with van der Waals surface area (Å²) in [5, 5.41) is 12.5. The van der Waals surface area contributed by atoms with Crippen LogP contribution in [-0.2, 0) is 0 Å². The summed E-state index contributed by atoms with van der Waals surface area (Å²) in [5.74, 6) is 0.210. The Morgan fingerprint density at radius 1 is 0.656 bits per heavy atom. The lowest BCUT2D eigenvalue weighted by atomic mass is 10.1. The molecule has 4 aliphatic heterocycles. The van der Waals surface area contributed by atoms with Crippen LogP contribution in [0.5, 0.6) is 0 Å². The predicted molar refractivity (Wildman–Crippen MR) is 130 cm³/mol. The first-order chi connectivity index (χ1) is 15.7. The molecule has 0 radical (unpaired) electrons. The minimum Gasteiger partial charge on any atom is -0.507 e. The number of aliphatic imine (C=N–C) groups is 3. The fourth-order valence-corrected chi connectivity index (χ4v) is 3.91. The van der Waals surface area contributed by atoms with Crippen LogP contribution in [0.15, 0.2) is 117 Å². The van der Waals surface area contributed by atoms with E-state index in [1.807, 2.05) is 97.2 Å². The summed E-state index contributed by atoms with van der Waals surface area (Å²) in [5.41, 5.74) is 6.61. The molecule has 0 unspecified atom stereocenters. The third-order valence-corrected chi connectivity index (χ3v) is 5.41. The van der Waals surface area contributed by atoms with E-state index < -0.39 is 0 Å². The van der Waals surface area contributed by atoms with Crippen molar-refractivity contribution < 1.29 is 5.11 Å². The molecule has 2 N–H and O–H groups in total. The molecule has 0 amide bonds. The van der Waals surface area contributed by atoms with Gasteiger partial charge in [-0.2, -0.15) is 0 Å². The Morgan fingerprint density at radius 3 is 1.84 bits per heavy atom. The van der Waals surface area contributed by atoms with Gasteiger partial charge in [0.1, 0.15) is 5.76 Å². The van der Waals surface area contributed by atoms with Crippen molar-refractivity contribution in [3.63, 3.8) is 0 Å². The van der Waals surface area contributed by atoms with E-state index in [-0.39, 0.29) is 5.76 Å². The Morgan fingerprint density at radius 2 is 1.22 bits per heavy atom. The molecule has 0 atom stereocenters. The fraction of sp³-hybridized carbons (Fsp3) is 0. The average Bonchev–Trinajstić information content (AvgIpc) is 3.59. The lowest BCUT2D eigenvalue weighted by Gasteiger charge is -1.98. The van der Waals surface area contributed by atoms with Crippen LogP contribution < -0.4 is 10.6 Å². The van der Waals surface area contributed by atoms with Gasteiger partial charge in [-0.15, -0.1) is 0 Å². The number of benzene rings is 1. The summed E-state index contributed by atoms with van der Waals surface area (Å²) in [6, 6.07) is 11.5. The van der Waals surface area contributed by atoms with E-state index in [4.69, 9.17) is 4.99 Å². The summed E-state index contributed by atoms with van der Waals surface area (Å²) in [4.78, 5) is 17.4. The van der Waals surface area contributed by atoms with E-state index in [1.165, 1.54) is 0 Å². The van der Waals surface area contributed by atoms with Crippen LogP contribution in [0.25, 0.3) is 17.9 Å². The molecule has 5 heteroatoms. The lowest BCUT2D eigenvalue weighted by molar-refractivity contribution is 0.507. The maximum atomic E-state index is 11.0. The number of nitrogens with one attached hydrogen (secondary N) is 1. The van der Waals surface area contributed by atoms with Crippen molar-refractivity contribution in [1.29, 1.82) is 0 Å². The van der Waals surface area contributed by atoms with E-state index in [2.05, 4.69) is 15.0 Å². The number of aromatic amines is 1. The maximum Gasteiger partial charge on any atom is 0.132 e. The molecule has 0 saturated heterocycles. The molecule has 4 aliphatic rings. The van der Waals surface area contributed by atoms with E-state index in [0.717, 1.165) is 50.8 Å². The molecule has 0 saturated carbocycles.